The number of aromatic nitrogens is 1. The first-order chi connectivity index (χ1) is 19.1. The molecule has 0 spiro atoms. The first-order valence-electron chi connectivity index (χ1n) is 13.9. The molecular formula is C29H38F3N3O4S. The predicted molar refractivity (Wildman–Crippen MR) is 147 cm³/mol. The highest BCUT2D eigenvalue weighted by atomic mass is 32.1. The van der Waals surface area contributed by atoms with Crippen LogP contribution in [-0.2, 0) is 32.8 Å². The molecular weight excluding hydrogens is 543 g/mol. The molecule has 40 heavy (non-hydrogen) atoms. The summed E-state index contributed by atoms with van der Waals surface area (Å²) in [5.41, 5.74) is -0.932. The molecule has 1 aromatic heterocycles. The van der Waals surface area contributed by atoms with Gasteiger partial charge in [-0.25, -0.2) is 4.98 Å². The molecule has 2 fully saturated rings. The van der Waals surface area contributed by atoms with E-state index in [0.717, 1.165) is 54.4 Å². The quantitative estimate of drug-likeness (QED) is 0.247. The number of hydrogen-bond donors (Lipinski definition) is 1. The van der Waals surface area contributed by atoms with Crippen molar-refractivity contribution in [2.75, 3.05) is 26.8 Å². The molecule has 7 nitrogen and oxygen atoms in total. The number of benzene rings is 1. The van der Waals surface area contributed by atoms with E-state index in [1.165, 1.54) is 17.4 Å². The lowest BCUT2D eigenvalue weighted by Crippen LogP contribution is -2.41. The number of hydrogen-bond acceptors (Lipinski definition) is 8. The Morgan fingerprint density at radius 3 is 2.73 bits per heavy atom. The second-order valence-electron chi connectivity index (χ2n) is 10.7. The number of ketones is 1. The van der Waals surface area contributed by atoms with Crippen molar-refractivity contribution in [3.05, 3.63) is 51.5 Å². The molecule has 1 aliphatic carbocycles. The molecule has 0 amide bonds. The third-order valence-electron chi connectivity index (χ3n) is 7.88. The van der Waals surface area contributed by atoms with Crippen LogP contribution < -0.4 is 0 Å². The average Bonchev–Trinajstić information content (AvgIpc) is 3.59. The molecule has 11 heteroatoms. The number of aliphatic hydroxyl groups is 1. The van der Waals surface area contributed by atoms with Gasteiger partial charge in [0, 0.05) is 45.2 Å². The summed E-state index contributed by atoms with van der Waals surface area (Å²) in [6.07, 6.45) is 2.28. The number of likely N-dealkylation sites (tertiary alicyclic amines) is 1. The lowest BCUT2D eigenvalue weighted by Gasteiger charge is -2.39. The topological polar surface area (TPSA) is 84.2 Å². The summed E-state index contributed by atoms with van der Waals surface area (Å²) in [7, 11) is 1.63. The molecule has 4 rings (SSSR count). The van der Waals surface area contributed by atoms with E-state index in [9.17, 15) is 23.1 Å². The number of ether oxygens (including phenoxy) is 1. The fraction of sp³-hybridized carbons (Fsp3) is 0.621. The van der Waals surface area contributed by atoms with Crippen molar-refractivity contribution < 1.29 is 32.6 Å². The standard InChI is InChI=1S/C29H38F3N3O4S/c1-3-39-34-25(21-5-4-6-22(16-21)29(30,31)32)8-7-24(36)15-20-11-14-35(18-20)23-9-12-28(37,13-10-23)26-17-33-27(40-26)19-38-2/h4-6,16-17,20,23,37H,3,7-15,18-19H2,1-2H3/t20-,23?,28?/m0/s1. The van der Waals surface area contributed by atoms with E-state index in [0.29, 0.717) is 43.2 Å². The maximum absolute atomic E-state index is 13.2. The van der Waals surface area contributed by atoms with Crippen molar-refractivity contribution in [3.63, 3.8) is 0 Å². The van der Waals surface area contributed by atoms with E-state index in [1.54, 1.807) is 26.3 Å². The zero-order chi connectivity index (χ0) is 28.8. The van der Waals surface area contributed by atoms with Crippen LogP contribution in [0.3, 0.4) is 0 Å². The van der Waals surface area contributed by atoms with Gasteiger partial charge in [0.1, 0.15) is 23.0 Å². The van der Waals surface area contributed by atoms with Gasteiger partial charge in [-0.15, -0.1) is 11.3 Å². The zero-order valence-electron chi connectivity index (χ0n) is 23.1. The summed E-state index contributed by atoms with van der Waals surface area (Å²) in [5, 5.41) is 16.1. The maximum Gasteiger partial charge on any atom is 0.416 e. The van der Waals surface area contributed by atoms with Crippen LogP contribution in [0.4, 0.5) is 13.2 Å². The third-order valence-corrected chi connectivity index (χ3v) is 9.04. The lowest BCUT2D eigenvalue weighted by atomic mass is 9.81. The van der Waals surface area contributed by atoms with Gasteiger partial charge in [-0.2, -0.15) is 13.2 Å². The van der Waals surface area contributed by atoms with Crippen LogP contribution in [0, 0.1) is 5.92 Å². The summed E-state index contributed by atoms with van der Waals surface area (Å²) >= 11 is 1.51. The number of halogens is 3. The molecule has 2 heterocycles. The van der Waals surface area contributed by atoms with Crippen LogP contribution in [0.15, 0.2) is 35.6 Å². The number of nitrogens with zero attached hydrogens (tertiary/aromatic N) is 3. The molecule has 0 unspecified atom stereocenters. The molecule has 0 bridgehead atoms. The minimum atomic E-state index is -4.46. The van der Waals surface area contributed by atoms with E-state index in [2.05, 4.69) is 15.0 Å². The van der Waals surface area contributed by atoms with Crippen LogP contribution in [0.25, 0.3) is 0 Å². The van der Waals surface area contributed by atoms with Crippen LogP contribution in [0.2, 0.25) is 0 Å². The highest BCUT2D eigenvalue weighted by Crippen LogP contribution is 2.42. The van der Waals surface area contributed by atoms with E-state index in [4.69, 9.17) is 9.57 Å². The number of rotatable bonds is 12. The number of carbonyl (C=O) groups excluding carboxylic acids is 1. The number of carbonyl (C=O) groups is 1. The van der Waals surface area contributed by atoms with Crippen LogP contribution in [0.5, 0.6) is 0 Å². The minimum absolute atomic E-state index is 0.0816. The molecule has 1 aliphatic heterocycles. The van der Waals surface area contributed by atoms with Gasteiger partial charge in [0.05, 0.1) is 22.8 Å². The fourth-order valence-corrected chi connectivity index (χ4v) is 6.75. The number of alkyl halides is 3. The monoisotopic (exact) mass is 581 g/mol. The molecule has 2 aliphatic rings. The molecule has 0 radical (unpaired) electrons. The molecule has 1 saturated heterocycles. The molecule has 1 N–H and O–H groups in total. The molecule has 1 aromatic carbocycles. The van der Waals surface area contributed by atoms with Gasteiger partial charge in [-0.3, -0.25) is 4.79 Å². The summed E-state index contributed by atoms with van der Waals surface area (Å²) in [5.74, 6) is 0.338. The van der Waals surface area contributed by atoms with Crippen molar-refractivity contribution in [3.8, 4) is 0 Å². The van der Waals surface area contributed by atoms with Gasteiger partial charge in [0.25, 0.3) is 0 Å². The Labute approximate surface area is 237 Å². The van der Waals surface area contributed by atoms with Crippen LogP contribution >= 0.6 is 11.3 Å². The largest absolute Gasteiger partial charge is 0.416 e. The maximum atomic E-state index is 13.2. The van der Waals surface area contributed by atoms with Gasteiger partial charge < -0.3 is 19.6 Å². The minimum Gasteiger partial charge on any atom is -0.396 e. The first kappa shape index (κ1) is 30.6. The van der Waals surface area contributed by atoms with Crippen molar-refractivity contribution in [1.29, 1.82) is 0 Å². The van der Waals surface area contributed by atoms with E-state index >= 15 is 0 Å². The number of methoxy groups -OCH3 is 1. The molecule has 1 atom stereocenters. The first-order valence-corrected chi connectivity index (χ1v) is 14.7. The number of Topliss-reactive ketones (excluding diaryl/α,β-unsaturated/α-hetero) is 1. The second kappa shape index (κ2) is 13.5. The highest BCUT2D eigenvalue weighted by Gasteiger charge is 2.39. The van der Waals surface area contributed by atoms with E-state index in [-0.39, 0.29) is 31.1 Å². The molecule has 220 valence electrons. The van der Waals surface area contributed by atoms with Crippen molar-refractivity contribution in [2.45, 2.75) is 82.7 Å². The highest BCUT2D eigenvalue weighted by molar-refractivity contribution is 7.11. The predicted octanol–water partition coefficient (Wildman–Crippen LogP) is 5.94. The van der Waals surface area contributed by atoms with Crippen LogP contribution in [0.1, 0.15) is 79.3 Å². The summed E-state index contributed by atoms with van der Waals surface area (Å²) in [4.78, 5) is 25.7. The number of oxime groups is 1. The van der Waals surface area contributed by atoms with Gasteiger partial charge in [-0.05, 0) is 69.2 Å². The SMILES string of the molecule is CCON=C(CCC(=O)C[C@@H]1CCN(C2CCC(O)(c3cnc(COC)s3)CC2)C1)c1cccc(C(F)(F)F)c1. The van der Waals surface area contributed by atoms with Crippen molar-refractivity contribution in [1.82, 2.24) is 9.88 Å². The smallest absolute Gasteiger partial charge is 0.396 e. The lowest BCUT2D eigenvalue weighted by molar-refractivity contribution is -0.137. The van der Waals surface area contributed by atoms with E-state index < -0.39 is 17.3 Å². The Kier molecular flexibility index (Phi) is 10.4. The zero-order valence-corrected chi connectivity index (χ0v) is 23.9. The Morgan fingerprint density at radius 2 is 2.02 bits per heavy atom. The van der Waals surface area contributed by atoms with Gasteiger partial charge in [0.2, 0.25) is 0 Å². The van der Waals surface area contributed by atoms with Crippen LogP contribution in [-0.4, -0.2) is 59.3 Å². The normalized spacial score (nSPS) is 24.4. The summed E-state index contributed by atoms with van der Waals surface area (Å²) in [6.45, 7) is 4.26. The van der Waals surface area contributed by atoms with E-state index in [1.807, 2.05) is 0 Å². The molecule has 1 saturated carbocycles. The summed E-state index contributed by atoms with van der Waals surface area (Å²) in [6, 6.07) is 5.36. The fourth-order valence-electron chi connectivity index (χ4n) is 5.71. The Hall–Kier alpha value is -2.34. The average molecular weight is 582 g/mol. The Balaban J connectivity index is 1.26. The van der Waals surface area contributed by atoms with Crippen molar-refractivity contribution in [2.24, 2.45) is 11.1 Å². The van der Waals surface area contributed by atoms with Gasteiger partial charge >= 0.3 is 6.18 Å². The Morgan fingerprint density at radius 1 is 1.25 bits per heavy atom. The van der Waals surface area contributed by atoms with Crippen molar-refractivity contribution >= 4 is 22.8 Å². The second-order valence-corrected chi connectivity index (χ2v) is 11.9. The van der Waals surface area contributed by atoms with Gasteiger partial charge in [0.15, 0.2) is 0 Å². The Bertz CT molecular complexity index is 1160. The molecule has 2 aromatic rings. The third kappa shape index (κ3) is 7.90. The van der Waals surface area contributed by atoms with Gasteiger partial charge in [-0.1, -0.05) is 17.3 Å². The summed E-state index contributed by atoms with van der Waals surface area (Å²) < 4.78 is 44.7. The number of thiazole rings is 1.